The lowest BCUT2D eigenvalue weighted by atomic mass is 10.0. The number of piperidine rings is 1. The monoisotopic (exact) mass is 373 g/mol. The summed E-state index contributed by atoms with van der Waals surface area (Å²) in [5.74, 6) is -0.943. The number of carbonyl (C=O) groups excluding carboxylic acids is 4. The molecule has 2 rings (SSSR count). The largest absolute Gasteiger partial charge is 0.372 e. The molecule has 0 radical (unpaired) electrons. The van der Waals surface area contributed by atoms with E-state index in [1.54, 1.807) is 12.1 Å². The fraction of sp³-hybridized carbons (Fsp3) is 0.500. The lowest BCUT2D eigenvalue weighted by Crippen LogP contribution is -2.47. The van der Waals surface area contributed by atoms with Crippen LogP contribution in [0.25, 0.3) is 0 Å². The first kappa shape index (κ1) is 20.6. The summed E-state index contributed by atoms with van der Waals surface area (Å²) in [6, 6.07) is 4.46. The molecular formula is C20H27N3O4. The lowest BCUT2D eigenvalue weighted by molar-refractivity contribution is -0.128. The predicted molar refractivity (Wildman–Crippen MR) is 103 cm³/mol. The van der Waals surface area contributed by atoms with Crippen molar-refractivity contribution in [1.29, 1.82) is 0 Å². The van der Waals surface area contributed by atoms with E-state index in [0.29, 0.717) is 31.1 Å². The van der Waals surface area contributed by atoms with Crippen molar-refractivity contribution < 1.29 is 19.2 Å². The molecule has 146 valence electrons. The van der Waals surface area contributed by atoms with Gasteiger partial charge in [-0.25, -0.2) is 0 Å². The molecule has 1 atom stereocenters. The Hall–Kier alpha value is -2.70. The third-order valence-electron chi connectivity index (χ3n) is 4.97. The van der Waals surface area contributed by atoms with Crippen molar-refractivity contribution in [3.8, 4) is 0 Å². The fourth-order valence-electron chi connectivity index (χ4n) is 3.45. The van der Waals surface area contributed by atoms with E-state index in [1.807, 2.05) is 13.0 Å². The first-order valence-corrected chi connectivity index (χ1v) is 9.38. The zero-order valence-corrected chi connectivity index (χ0v) is 15.9. The van der Waals surface area contributed by atoms with Crippen molar-refractivity contribution in [2.24, 2.45) is 0 Å². The molecule has 0 saturated carbocycles. The number of carbonyl (C=O) groups is 4. The van der Waals surface area contributed by atoms with Crippen LogP contribution in [-0.4, -0.2) is 55.6 Å². The Bertz CT molecular complexity index is 698. The highest BCUT2D eigenvalue weighted by Crippen LogP contribution is 2.24. The van der Waals surface area contributed by atoms with E-state index in [4.69, 9.17) is 0 Å². The molecule has 1 fully saturated rings. The Morgan fingerprint density at radius 1 is 1.22 bits per heavy atom. The van der Waals surface area contributed by atoms with Gasteiger partial charge in [0, 0.05) is 31.4 Å². The molecule has 27 heavy (non-hydrogen) atoms. The third-order valence-corrected chi connectivity index (χ3v) is 4.97. The summed E-state index contributed by atoms with van der Waals surface area (Å²) in [5, 5.41) is 2.11. The van der Waals surface area contributed by atoms with Crippen LogP contribution in [0.2, 0.25) is 0 Å². The number of amides is 3. The molecule has 1 unspecified atom stereocenters. The first-order valence-electron chi connectivity index (χ1n) is 9.38. The summed E-state index contributed by atoms with van der Waals surface area (Å²) in [5.41, 5.74) is 1.49. The molecule has 1 saturated heterocycles. The van der Waals surface area contributed by atoms with E-state index in [0.717, 1.165) is 31.6 Å². The maximum Gasteiger partial charge on any atom is 0.255 e. The molecule has 3 amide bonds. The van der Waals surface area contributed by atoms with Crippen LogP contribution in [0.15, 0.2) is 18.2 Å². The van der Waals surface area contributed by atoms with Gasteiger partial charge >= 0.3 is 0 Å². The van der Waals surface area contributed by atoms with Crippen LogP contribution in [0, 0.1) is 0 Å². The minimum Gasteiger partial charge on any atom is -0.372 e. The summed E-state index contributed by atoms with van der Waals surface area (Å²) in [6.07, 6.45) is 5.52. The van der Waals surface area contributed by atoms with Gasteiger partial charge in [0.1, 0.15) is 6.04 Å². The van der Waals surface area contributed by atoms with Crippen molar-refractivity contribution in [1.82, 2.24) is 10.2 Å². The zero-order chi connectivity index (χ0) is 19.8. The molecule has 1 aromatic rings. The third kappa shape index (κ3) is 4.93. The van der Waals surface area contributed by atoms with Gasteiger partial charge in [0.15, 0.2) is 6.29 Å². The molecule has 0 bridgehead atoms. The van der Waals surface area contributed by atoms with E-state index in [1.165, 1.54) is 18.4 Å². The number of nitrogens with zero attached hydrogens (tertiary/aromatic N) is 2. The van der Waals surface area contributed by atoms with E-state index in [9.17, 15) is 19.2 Å². The van der Waals surface area contributed by atoms with Crippen LogP contribution in [0.3, 0.4) is 0 Å². The van der Waals surface area contributed by atoms with Crippen LogP contribution >= 0.6 is 0 Å². The minimum absolute atomic E-state index is 0.258. The number of nitrogens with one attached hydrogen (secondary N) is 1. The molecule has 1 aliphatic heterocycles. The predicted octanol–water partition coefficient (Wildman–Crippen LogP) is 2.00. The average molecular weight is 373 g/mol. The standard InChI is InChI=1S/C20H27N3O4/c1-3-7-18(19(26)21-14-25)22(2)20(27)17-9-8-16(12-15(17)13-24)23-10-5-4-6-11-23/h8-9,12-14,18H,3-7,10-11H2,1-2H3,(H,21,25,26). The number of imide groups is 1. The van der Waals surface area contributed by atoms with Crippen LogP contribution < -0.4 is 10.2 Å². The smallest absolute Gasteiger partial charge is 0.255 e. The number of anilines is 1. The Kier molecular flexibility index (Phi) is 7.52. The van der Waals surface area contributed by atoms with Crippen molar-refractivity contribution >= 4 is 30.2 Å². The van der Waals surface area contributed by atoms with Gasteiger partial charge in [0.25, 0.3) is 5.91 Å². The van der Waals surface area contributed by atoms with Crippen LogP contribution in [-0.2, 0) is 9.59 Å². The molecular weight excluding hydrogens is 346 g/mol. The number of likely N-dealkylation sites (N-methyl/N-ethyl adjacent to an activating group) is 1. The molecule has 1 heterocycles. The van der Waals surface area contributed by atoms with Crippen molar-refractivity contribution in [2.75, 3.05) is 25.0 Å². The second-order valence-electron chi connectivity index (χ2n) is 6.78. The van der Waals surface area contributed by atoms with Crippen molar-refractivity contribution in [2.45, 2.75) is 45.1 Å². The van der Waals surface area contributed by atoms with E-state index >= 15 is 0 Å². The molecule has 0 aromatic heterocycles. The van der Waals surface area contributed by atoms with Crippen LogP contribution in [0.1, 0.15) is 59.7 Å². The van der Waals surface area contributed by atoms with E-state index < -0.39 is 17.9 Å². The number of benzene rings is 1. The Labute approximate surface area is 159 Å². The average Bonchev–Trinajstić information content (AvgIpc) is 2.71. The second kappa shape index (κ2) is 9.85. The van der Waals surface area contributed by atoms with Crippen LogP contribution in [0.4, 0.5) is 5.69 Å². The highest BCUT2D eigenvalue weighted by atomic mass is 16.2. The van der Waals surface area contributed by atoms with Gasteiger partial charge < -0.3 is 9.80 Å². The Morgan fingerprint density at radius 2 is 1.93 bits per heavy atom. The molecule has 0 aliphatic carbocycles. The normalized spacial score (nSPS) is 15.0. The van der Waals surface area contributed by atoms with Gasteiger partial charge in [-0.1, -0.05) is 13.3 Å². The number of aldehydes is 1. The molecule has 0 spiro atoms. The quantitative estimate of drug-likeness (QED) is 0.705. The lowest BCUT2D eigenvalue weighted by Gasteiger charge is -2.30. The molecule has 1 aliphatic rings. The highest BCUT2D eigenvalue weighted by molar-refractivity contribution is 6.04. The maximum atomic E-state index is 12.9. The zero-order valence-electron chi connectivity index (χ0n) is 15.9. The second-order valence-corrected chi connectivity index (χ2v) is 6.78. The Balaban J connectivity index is 2.26. The van der Waals surface area contributed by atoms with Crippen molar-refractivity contribution in [3.63, 3.8) is 0 Å². The first-order chi connectivity index (χ1) is 13.0. The van der Waals surface area contributed by atoms with Crippen LogP contribution in [0.5, 0.6) is 0 Å². The van der Waals surface area contributed by atoms with E-state index in [-0.39, 0.29) is 5.56 Å². The number of rotatable bonds is 8. The SMILES string of the molecule is CCCC(C(=O)NC=O)N(C)C(=O)c1ccc(N2CCCCC2)cc1C=O. The molecule has 1 N–H and O–H groups in total. The molecule has 7 nitrogen and oxygen atoms in total. The summed E-state index contributed by atoms with van der Waals surface area (Å²) < 4.78 is 0. The fourth-order valence-corrected chi connectivity index (χ4v) is 3.45. The molecule has 1 aromatic carbocycles. The van der Waals surface area contributed by atoms with Gasteiger partial charge in [-0.3, -0.25) is 24.5 Å². The number of hydrogen-bond acceptors (Lipinski definition) is 5. The van der Waals surface area contributed by atoms with Gasteiger partial charge in [0.05, 0.1) is 5.56 Å². The van der Waals surface area contributed by atoms with Gasteiger partial charge in [-0.15, -0.1) is 0 Å². The van der Waals surface area contributed by atoms with Gasteiger partial charge in [-0.2, -0.15) is 0 Å². The summed E-state index contributed by atoms with van der Waals surface area (Å²) in [6.45, 7) is 3.77. The summed E-state index contributed by atoms with van der Waals surface area (Å²) in [4.78, 5) is 50.7. The van der Waals surface area contributed by atoms with E-state index in [2.05, 4.69) is 10.2 Å². The number of hydrogen-bond donors (Lipinski definition) is 1. The summed E-state index contributed by atoms with van der Waals surface area (Å²) in [7, 11) is 1.51. The highest BCUT2D eigenvalue weighted by Gasteiger charge is 2.28. The van der Waals surface area contributed by atoms with Gasteiger partial charge in [-0.05, 0) is 43.9 Å². The molecule has 7 heteroatoms. The van der Waals surface area contributed by atoms with Gasteiger partial charge in [0.2, 0.25) is 12.3 Å². The minimum atomic E-state index is -0.769. The topological polar surface area (TPSA) is 86.8 Å². The van der Waals surface area contributed by atoms with Crippen molar-refractivity contribution in [3.05, 3.63) is 29.3 Å². The maximum absolute atomic E-state index is 12.9. The summed E-state index contributed by atoms with van der Waals surface area (Å²) >= 11 is 0. The Morgan fingerprint density at radius 3 is 2.52 bits per heavy atom.